The van der Waals surface area contributed by atoms with Crippen LogP contribution >= 0.6 is 15.9 Å². The Hall–Kier alpha value is -0.540. The summed E-state index contributed by atoms with van der Waals surface area (Å²) >= 11 is 3.21. The highest BCUT2D eigenvalue weighted by atomic mass is 79.9. The molecule has 1 atom stereocenters. The normalized spacial score (nSPS) is 12.6. The zero-order valence-corrected chi connectivity index (χ0v) is 11.0. The highest BCUT2D eigenvalue weighted by molar-refractivity contribution is 9.09. The minimum absolute atomic E-state index is 0.328. The molecule has 3 heteroatoms. The maximum Gasteiger partial charge on any atom is 0.122 e. The second kappa shape index (κ2) is 5.52. The number of ether oxygens (including phenoxy) is 1. The van der Waals surface area contributed by atoms with Crippen molar-refractivity contribution in [2.24, 2.45) is 0 Å². The van der Waals surface area contributed by atoms with Gasteiger partial charge in [0.15, 0.2) is 0 Å². The Labute approximate surface area is 99.4 Å². The van der Waals surface area contributed by atoms with Crippen molar-refractivity contribution in [3.05, 3.63) is 28.8 Å². The molecule has 0 aliphatic carbocycles. The quantitative estimate of drug-likeness (QED) is 0.855. The van der Waals surface area contributed by atoms with E-state index in [0.29, 0.717) is 11.9 Å². The van der Waals surface area contributed by atoms with Crippen LogP contribution in [0.1, 0.15) is 16.7 Å². The van der Waals surface area contributed by atoms with Crippen LogP contribution in [0.2, 0.25) is 0 Å². The lowest BCUT2D eigenvalue weighted by Crippen LogP contribution is -2.19. The molecule has 15 heavy (non-hydrogen) atoms. The molecule has 0 saturated carbocycles. The van der Waals surface area contributed by atoms with Gasteiger partial charge in [-0.05, 0) is 43.5 Å². The fraction of sp³-hybridized carbons (Fsp3) is 0.500. The summed E-state index contributed by atoms with van der Waals surface area (Å²) in [5, 5.41) is 9.92. The summed E-state index contributed by atoms with van der Waals surface area (Å²) in [5.74, 6) is 0.868. The smallest absolute Gasteiger partial charge is 0.122 e. The number of benzene rings is 1. The van der Waals surface area contributed by atoms with Crippen molar-refractivity contribution in [2.45, 2.75) is 26.9 Å². The Morgan fingerprint density at radius 2 is 2.00 bits per heavy atom. The first-order valence-electron chi connectivity index (χ1n) is 4.99. The Morgan fingerprint density at radius 3 is 2.60 bits per heavy atom. The summed E-state index contributed by atoms with van der Waals surface area (Å²) in [6, 6.07) is 4.13. The zero-order valence-electron chi connectivity index (χ0n) is 9.38. The van der Waals surface area contributed by atoms with Gasteiger partial charge in [-0.3, -0.25) is 0 Å². The number of aliphatic hydroxyl groups excluding tert-OH is 1. The maximum atomic E-state index is 9.38. The average molecular weight is 273 g/mol. The number of halogens is 1. The number of hydrogen-bond acceptors (Lipinski definition) is 2. The molecule has 0 saturated heterocycles. The van der Waals surface area contributed by atoms with E-state index in [-0.39, 0.29) is 0 Å². The van der Waals surface area contributed by atoms with Crippen LogP contribution in [0.15, 0.2) is 12.1 Å². The van der Waals surface area contributed by atoms with Gasteiger partial charge < -0.3 is 9.84 Å². The Balaban J connectivity index is 2.76. The van der Waals surface area contributed by atoms with E-state index in [1.54, 1.807) is 0 Å². The predicted molar refractivity (Wildman–Crippen MR) is 65.9 cm³/mol. The third-order valence-electron chi connectivity index (χ3n) is 2.37. The summed E-state index contributed by atoms with van der Waals surface area (Å²) in [5.41, 5.74) is 3.54. The molecule has 0 aromatic heterocycles. The molecule has 0 spiro atoms. The van der Waals surface area contributed by atoms with Crippen molar-refractivity contribution in [1.82, 2.24) is 0 Å². The number of alkyl halides is 1. The minimum Gasteiger partial charge on any atom is -0.491 e. The summed E-state index contributed by atoms with van der Waals surface area (Å²) < 4.78 is 5.57. The number of aliphatic hydroxyl groups is 1. The summed E-state index contributed by atoms with van der Waals surface area (Å²) in [6.45, 7) is 6.47. The van der Waals surface area contributed by atoms with Crippen molar-refractivity contribution in [2.75, 3.05) is 11.9 Å². The van der Waals surface area contributed by atoms with Gasteiger partial charge in [0, 0.05) is 5.33 Å². The van der Waals surface area contributed by atoms with Gasteiger partial charge in [0.1, 0.15) is 12.4 Å². The molecule has 0 heterocycles. The Morgan fingerprint density at radius 1 is 1.33 bits per heavy atom. The second-order valence-electron chi connectivity index (χ2n) is 3.82. The monoisotopic (exact) mass is 272 g/mol. The fourth-order valence-corrected chi connectivity index (χ4v) is 1.57. The summed E-state index contributed by atoms with van der Waals surface area (Å²) in [6.07, 6.45) is -0.454. The molecule has 0 amide bonds. The van der Waals surface area contributed by atoms with E-state index in [4.69, 9.17) is 4.74 Å². The molecular weight excluding hydrogens is 256 g/mol. The fourth-order valence-electron chi connectivity index (χ4n) is 1.38. The second-order valence-corrected chi connectivity index (χ2v) is 4.47. The van der Waals surface area contributed by atoms with Gasteiger partial charge in [0.2, 0.25) is 0 Å². The molecule has 0 aliphatic heterocycles. The largest absolute Gasteiger partial charge is 0.491 e. The predicted octanol–water partition coefficient (Wildman–Crippen LogP) is 2.75. The molecule has 2 nitrogen and oxygen atoms in total. The lowest BCUT2D eigenvalue weighted by Gasteiger charge is -2.14. The van der Waals surface area contributed by atoms with Crippen LogP contribution in [-0.4, -0.2) is 23.1 Å². The molecule has 1 unspecified atom stereocenters. The van der Waals surface area contributed by atoms with Crippen LogP contribution in [0.4, 0.5) is 0 Å². The topological polar surface area (TPSA) is 29.5 Å². The van der Waals surface area contributed by atoms with Gasteiger partial charge in [-0.1, -0.05) is 22.0 Å². The molecule has 0 fully saturated rings. The number of hydrogen-bond donors (Lipinski definition) is 1. The molecular formula is C12H17BrO2. The molecule has 1 N–H and O–H groups in total. The standard InChI is InChI=1S/C12H17BrO2/c1-8-4-9(2)10(3)12(5-8)15-7-11(14)6-13/h4-5,11,14H,6-7H2,1-3H3. The molecule has 1 aromatic carbocycles. The molecule has 1 rings (SSSR count). The molecule has 1 aromatic rings. The Bertz CT molecular complexity index is 337. The lowest BCUT2D eigenvalue weighted by molar-refractivity contribution is 0.127. The third-order valence-corrected chi connectivity index (χ3v) is 3.12. The van der Waals surface area contributed by atoms with Gasteiger partial charge in [0.25, 0.3) is 0 Å². The van der Waals surface area contributed by atoms with Crippen molar-refractivity contribution in [3.63, 3.8) is 0 Å². The number of rotatable bonds is 4. The van der Waals surface area contributed by atoms with Gasteiger partial charge in [-0.2, -0.15) is 0 Å². The van der Waals surface area contributed by atoms with Crippen LogP contribution in [0.5, 0.6) is 5.75 Å². The minimum atomic E-state index is -0.454. The van der Waals surface area contributed by atoms with Crippen LogP contribution in [0, 0.1) is 20.8 Å². The summed E-state index contributed by atoms with van der Waals surface area (Å²) in [4.78, 5) is 0. The highest BCUT2D eigenvalue weighted by Gasteiger charge is 2.07. The van der Waals surface area contributed by atoms with Gasteiger partial charge in [-0.25, -0.2) is 0 Å². The third kappa shape index (κ3) is 3.50. The van der Waals surface area contributed by atoms with Gasteiger partial charge in [0.05, 0.1) is 6.10 Å². The number of aryl methyl sites for hydroxylation is 2. The first kappa shape index (κ1) is 12.5. The van der Waals surface area contributed by atoms with E-state index in [9.17, 15) is 5.11 Å². The summed E-state index contributed by atoms with van der Waals surface area (Å²) in [7, 11) is 0. The van der Waals surface area contributed by atoms with Crippen molar-refractivity contribution < 1.29 is 9.84 Å². The van der Waals surface area contributed by atoms with Gasteiger partial charge in [-0.15, -0.1) is 0 Å². The van der Waals surface area contributed by atoms with E-state index < -0.39 is 6.10 Å². The zero-order chi connectivity index (χ0) is 11.4. The van der Waals surface area contributed by atoms with Gasteiger partial charge >= 0.3 is 0 Å². The van der Waals surface area contributed by atoms with Crippen LogP contribution in [0.25, 0.3) is 0 Å². The van der Waals surface area contributed by atoms with E-state index in [1.807, 2.05) is 19.9 Å². The molecule has 84 valence electrons. The lowest BCUT2D eigenvalue weighted by atomic mass is 10.1. The van der Waals surface area contributed by atoms with Crippen molar-refractivity contribution in [3.8, 4) is 5.75 Å². The maximum absolute atomic E-state index is 9.38. The highest BCUT2D eigenvalue weighted by Crippen LogP contribution is 2.23. The molecule has 0 bridgehead atoms. The molecule has 0 aliphatic rings. The van der Waals surface area contributed by atoms with E-state index >= 15 is 0 Å². The van der Waals surface area contributed by atoms with Crippen molar-refractivity contribution in [1.29, 1.82) is 0 Å². The first-order valence-corrected chi connectivity index (χ1v) is 6.11. The van der Waals surface area contributed by atoms with Crippen molar-refractivity contribution >= 4 is 15.9 Å². The van der Waals surface area contributed by atoms with E-state index in [0.717, 1.165) is 11.3 Å². The molecule has 0 radical (unpaired) electrons. The SMILES string of the molecule is Cc1cc(C)c(C)c(OCC(O)CBr)c1. The Kier molecular flexibility index (Phi) is 4.61. The van der Waals surface area contributed by atoms with E-state index in [2.05, 4.69) is 28.9 Å². The first-order chi connectivity index (χ1) is 7.04. The van der Waals surface area contributed by atoms with Crippen LogP contribution in [0.3, 0.4) is 0 Å². The van der Waals surface area contributed by atoms with Crippen LogP contribution < -0.4 is 4.74 Å². The average Bonchev–Trinajstić information content (AvgIpc) is 2.20. The van der Waals surface area contributed by atoms with Crippen LogP contribution in [-0.2, 0) is 0 Å². The van der Waals surface area contributed by atoms with E-state index in [1.165, 1.54) is 11.1 Å².